The van der Waals surface area contributed by atoms with Gasteiger partial charge in [0.15, 0.2) is 0 Å². The number of nitrogens with one attached hydrogen (secondary N) is 1. The molecule has 0 aromatic heterocycles. The van der Waals surface area contributed by atoms with Crippen LogP contribution in [0.25, 0.3) is 0 Å². The molecule has 1 atom stereocenters. The lowest BCUT2D eigenvalue weighted by Gasteiger charge is -2.19. The number of rotatable bonds is 10. The normalized spacial score (nSPS) is 11.8. The molecule has 2 rings (SSSR count). The highest BCUT2D eigenvalue weighted by molar-refractivity contribution is 5.46. The minimum absolute atomic E-state index is 0.129. The van der Waals surface area contributed by atoms with Crippen LogP contribution in [0.2, 0.25) is 0 Å². The Morgan fingerprint density at radius 2 is 1.79 bits per heavy atom. The predicted molar refractivity (Wildman–Crippen MR) is 98.2 cm³/mol. The Kier molecular flexibility index (Phi) is 7.43. The van der Waals surface area contributed by atoms with E-state index in [-0.39, 0.29) is 6.10 Å². The van der Waals surface area contributed by atoms with Gasteiger partial charge in [-0.3, -0.25) is 0 Å². The highest BCUT2D eigenvalue weighted by atomic mass is 16.5. The summed E-state index contributed by atoms with van der Waals surface area (Å²) in [5.74, 6) is 1.77. The molecule has 0 saturated carbocycles. The summed E-state index contributed by atoms with van der Waals surface area (Å²) in [7, 11) is 1.67. The molecule has 0 aliphatic carbocycles. The van der Waals surface area contributed by atoms with Crippen LogP contribution >= 0.6 is 0 Å². The van der Waals surface area contributed by atoms with Crippen molar-refractivity contribution in [3.05, 3.63) is 54.1 Å². The quantitative estimate of drug-likeness (QED) is 0.660. The summed E-state index contributed by atoms with van der Waals surface area (Å²) < 4.78 is 16.6. The number of ether oxygens (including phenoxy) is 3. The highest BCUT2D eigenvalue weighted by Gasteiger charge is 2.08. The Hall–Kier alpha value is -2.20. The maximum absolute atomic E-state index is 6.05. The van der Waals surface area contributed by atoms with Crippen LogP contribution in [-0.2, 0) is 4.74 Å². The van der Waals surface area contributed by atoms with Crippen molar-refractivity contribution in [2.45, 2.75) is 26.4 Å². The second-order valence-corrected chi connectivity index (χ2v) is 5.71. The van der Waals surface area contributed by atoms with E-state index >= 15 is 0 Å². The van der Waals surface area contributed by atoms with E-state index < -0.39 is 0 Å². The van der Waals surface area contributed by atoms with Gasteiger partial charge >= 0.3 is 0 Å². The Balaban J connectivity index is 1.82. The van der Waals surface area contributed by atoms with E-state index in [1.807, 2.05) is 36.4 Å². The average molecular weight is 329 g/mol. The third-order valence-corrected chi connectivity index (χ3v) is 3.69. The number of aryl methyl sites for hydroxylation is 1. The van der Waals surface area contributed by atoms with Crippen molar-refractivity contribution in [1.82, 2.24) is 0 Å². The zero-order valence-corrected chi connectivity index (χ0v) is 14.7. The van der Waals surface area contributed by atoms with Crippen molar-refractivity contribution in [3.63, 3.8) is 0 Å². The number of methoxy groups -OCH3 is 1. The standard InChI is InChI=1S/C20H27NO3/c1-4-18(24-20-7-5-6-16(2)14-20)15-21-17-8-10-19(11-9-17)23-13-12-22-3/h5-11,14,18,21H,4,12-13,15H2,1-3H3. The fourth-order valence-corrected chi connectivity index (χ4v) is 2.29. The predicted octanol–water partition coefficient (Wildman–Crippen LogP) is 4.29. The van der Waals surface area contributed by atoms with E-state index in [2.05, 4.69) is 31.3 Å². The van der Waals surface area contributed by atoms with Crippen LogP contribution in [0.5, 0.6) is 11.5 Å². The summed E-state index contributed by atoms with van der Waals surface area (Å²) in [5, 5.41) is 3.42. The van der Waals surface area contributed by atoms with Gasteiger partial charge in [-0.1, -0.05) is 19.1 Å². The first-order chi connectivity index (χ1) is 11.7. The van der Waals surface area contributed by atoms with Gasteiger partial charge in [0.25, 0.3) is 0 Å². The first-order valence-corrected chi connectivity index (χ1v) is 8.40. The molecule has 24 heavy (non-hydrogen) atoms. The molecule has 0 amide bonds. The molecule has 2 aromatic rings. The maximum atomic E-state index is 6.05. The highest BCUT2D eigenvalue weighted by Crippen LogP contribution is 2.18. The van der Waals surface area contributed by atoms with Crippen molar-refractivity contribution in [2.24, 2.45) is 0 Å². The SMILES string of the molecule is CCC(CNc1ccc(OCCOC)cc1)Oc1cccc(C)c1. The van der Waals surface area contributed by atoms with Crippen molar-refractivity contribution in [2.75, 3.05) is 32.2 Å². The maximum Gasteiger partial charge on any atom is 0.120 e. The lowest BCUT2D eigenvalue weighted by molar-refractivity contribution is 0.146. The molecule has 4 heteroatoms. The van der Waals surface area contributed by atoms with Gasteiger partial charge in [-0.25, -0.2) is 0 Å². The van der Waals surface area contributed by atoms with Crippen LogP contribution in [0.1, 0.15) is 18.9 Å². The van der Waals surface area contributed by atoms with Gasteiger partial charge in [0.05, 0.1) is 13.2 Å². The van der Waals surface area contributed by atoms with E-state index in [0.717, 1.165) is 30.2 Å². The molecule has 0 fully saturated rings. The molecule has 0 aliphatic rings. The van der Waals surface area contributed by atoms with Crippen LogP contribution in [0.15, 0.2) is 48.5 Å². The van der Waals surface area contributed by atoms with Gasteiger partial charge in [0.1, 0.15) is 24.2 Å². The molecule has 0 saturated heterocycles. The van der Waals surface area contributed by atoms with E-state index in [9.17, 15) is 0 Å². The summed E-state index contributed by atoms with van der Waals surface area (Å²) in [6, 6.07) is 16.1. The molecule has 1 N–H and O–H groups in total. The summed E-state index contributed by atoms with van der Waals surface area (Å²) >= 11 is 0. The van der Waals surface area contributed by atoms with E-state index in [1.54, 1.807) is 7.11 Å². The van der Waals surface area contributed by atoms with E-state index in [0.29, 0.717) is 13.2 Å². The summed E-state index contributed by atoms with van der Waals surface area (Å²) in [6.45, 7) is 6.12. The first-order valence-electron chi connectivity index (χ1n) is 8.40. The average Bonchev–Trinajstić information content (AvgIpc) is 2.60. The minimum Gasteiger partial charge on any atom is -0.491 e. The molecule has 1 unspecified atom stereocenters. The number of hydrogen-bond donors (Lipinski definition) is 1. The summed E-state index contributed by atoms with van der Waals surface area (Å²) in [6.07, 6.45) is 1.07. The van der Waals surface area contributed by atoms with Crippen LogP contribution in [0.4, 0.5) is 5.69 Å². The van der Waals surface area contributed by atoms with Crippen LogP contribution in [0.3, 0.4) is 0 Å². The van der Waals surface area contributed by atoms with Crippen LogP contribution in [0, 0.1) is 6.92 Å². The summed E-state index contributed by atoms with van der Waals surface area (Å²) in [5.41, 5.74) is 2.26. The third-order valence-electron chi connectivity index (χ3n) is 3.69. The van der Waals surface area contributed by atoms with Crippen molar-refractivity contribution >= 4 is 5.69 Å². The fourth-order valence-electron chi connectivity index (χ4n) is 2.29. The van der Waals surface area contributed by atoms with Gasteiger partial charge in [-0.05, 0) is 55.3 Å². The largest absolute Gasteiger partial charge is 0.491 e. The van der Waals surface area contributed by atoms with Crippen molar-refractivity contribution < 1.29 is 14.2 Å². The molecule has 0 aliphatic heterocycles. The first kappa shape index (κ1) is 18.1. The zero-order chi connectivity index (χ0) is 17.2. The zero-order valence-electron chi connectivity index (χ0n) is 14.7. The molecule has 2 aromatic carbocycles. The molecule has 0 spiro atoms. The smallest absolute Gasteiger partial charge is 0.120 e. The lowest BCUT2D eigenvalue weighted by Crippen LogP contribution is -2.25. The second kappa shape index (κ2) is 9.83. The monoisotopic (exact) mass is 329 g/mol. The topological polar surface area (TPSA) is 39.7 Å². The van der Waals surface area contributed by atoms with Gasteiger partial charge < -0.3 is 19.5 Å². The number of anilines is 1. The van der Waals surface area contributed by atoms with Gasteiger partial charge in [0, 0.05) is 12.8 Å². The van der Waals surface area contributed by atoms with E-state index in [4.69, 9.17) is 14.2 Å². The fraction of sp³-hybridized carbons (Fsp3) is 0.400. The van der Waals surface area contributed by atoms with Crippen LogP contribution in [-0.4, -0.2) is 33.0 Å². The van der Waals surface area contributed by atoms with Crippen molar-refractivity contribution in [3.8, 4) is 11.5 Å². The van der Waals surface area contributed by atoms with Gasteiger partial charge in [0.2, 0.25) is 0 Å². The number of benzene rings is 2. The lowest BCUT2D eigenvalue weighted by atomic mass is 10.2. The third kappa shape index (κ3) is 6.13. The van der Waals surface area contributed by atoms with Gasteiger partial charge in [-0.2, -0.15) is 0 Å². The second-order valence-electron chi connectivity index (χ2n) is 5.71. The minimum atomic E-state index is 0.129. The van der Waals surface area contributed by atoms with Crippen molar-refractivity contribution in [1.29, 1.82) is 0 Å². The van der Waals surface area contributed by atoms with E-state index in [1.165, 1.54) is 5.56 Å². The molecule has 0 heterocycles. The Morgan fingerprint density at radius 3 is 2.46 bits per heavy atom. The molecular weight excluding hydrogens is 302 g/mol. The Morgan fingerprint density at radius 1 is 1.00 bits per heavy atom. The number of hydrogen-bond acceptors (Lipinski definition) is 4. The Labute approximate surface area is 144 Å². The molecule has 0 radical (unpaired) electrons. The molecule has 4 nitrogen and oxygen atoms in total. The van der Waals surface area contributed by atoms with Gasteiger partial charge in [-0.15, -0.1) is 0 Å². The summed E-state index contributed by atoms with van der Waals surface area (Å²) in [4.78, 5) is 0. The molecular formula is C20H27NO3. The van der Waals surface area contributed by atoms with Crippen LogP contribution < -0.4 is 14.8 Å². The Bertz CT molecular complexity index is 598. The molecule has 0 bridgehead atoms. The molecule has 130 valence electrons.